The number of likely N-dealkylation sites (tertiary alicyclic amines) is 1. The van der Waals surface area contributed by atoms with Crippen molar-refractivity contribution in [1.82, 2.24) is 4.90 Å². The van der Waals surface area contributed by atoms with Crippen molar-refractivity contribution in [2.24, 2.45) is 0 Å². The molecule has 2 N–H and O–H groups in total. The average molecular weight is 483 g/mol. The summed E-state index contributed by atoms with van der Waals surface area (Å²) in [5, 5.41) is 5.74. The number of fused-ring (bicyclic) bond motifs is 2. The van der Waals surface area contributed by atoms with Gasteiger partial charge in [-0.2, -0.15) is 8.42 Å². The van der Waals surface area contributed by atoms with Crippen molar-refractivity contribution >= 4 is 58.9 Å². The molecule has 0 spiro atoms. The summed E-state index contributed by atoms with van der Waals surface area (Å²) in [5.41, 5.74) is 2.17. The molecule has 0 amide bonds. The topological polar surface area (TPSA) is 86.7 Å². The normalized spacial score (nSPS) is 15.0. The Morgan fingerprint density at radius 2 is 1.84 bits per heavy atom. The fraction of sp³-hybridized carbons (Fsp3) is 0.409. The molecule has 4 rings (SSSR count). The van der Waals surface area contributed by atoms with E-state index >= 15 is 0 Å². The number of nitrogens with one attached hydrogen (secondary N) is 1. The minimum Gasteiger partial charge on any atom is -0.383 e. The Morgan fingerprint density at radius 1 is 1.16 bits per heavy atom. The molecule has 0 radical (unpaired) electrons. The number of anilines is 1. The molecule has 1 aliphatic heterocycles. The van der Waals surface area contributed by atoms with Gasteiger partial charge in [-0.25, -0.2) is 0 Å². The van der Waals surface area contributed by atoms with E-state index in [-0.39, 0.29) is 5.43 Å². The highest BCUT2D eigenvalue weighted by Crippen LogP contribution is 2.32. The average Bonchev–Trinajstić information content (AvgIpc) is 2.69. The lowest BCUT2D eigenvalue weighted by atomic mass is 10.1. The summed E-state index contributed by atoms with van der Waals surface area (Å²) in [5.74, 6) is 0. The number of rotatable bonds is 4. The highest BCUT2D eigenvalue weighted by molar-refractivity contribution is 7.85. The molecule has 0 aliphatic carbocycles. The fourth-order valence-corrected chi connectivity index (χ4v) is 5.18. The maximum atomic E-state index is 13.2. The molecule has 0 unspecified atom stereocenters. The van der Waals surface area contributed by atoms with E-state index in [0.717, 1.165) is 44.5 Å². The summed E-state index contributed by atoms with van der Waals surface area (Å²) in [4.78, 5) is 15.7. The number of benzene rings is 2. The summed E-state index contributed by atoms with van der Waals surface area (Å²) in [6.07, 6.45) is 4.67. The molecule has 2 heterocycles. The van der Waals surface area contributed by atoms with Crippen LogP contribution >= 0.6 is 22.9 Å². The van der Waals surface area contributed by atoms with Gasteiger partial charge in [0.1, 0.15) is 0 Å². The van der Waals surface area contributed by atoms with Gasteiger partial charge in [-0.15, -0.1) is 11.3 Å². The predicted octanol–water partition coefficient (Wildman–Crippen LogP) is 4.78. The van der Waals surface area contributed by atoms with Gasteiger partial charge in [-0.05, 0) is 62.7 Å². The zero-order valence-electron chi connectivity index (χ0n) is 17.7. The van der Waals surface area contributed by atoms with E-state index in [1.54, 1.807) is 17.4 Å². The summed E-state index contributed by atoms with van der Waals surface area (Å²) in [7, 11) is -3.67. The Bertz CT molecular complexity index is 1230. The van der Waals surface area contributed by atoms with Crippen LogP contribution in [0.2, 0.25) is 5.02 Å². The van der Waals surface area contributed by atoms with E-state index in [2.05, 4.69) is 23.2 Å². The molecule has 9 heteroatoms. The third kappa shape index (κ3) is 6.63. The predicted molar refractivity (Wildman–Crippen MR) is 132 cm³/mol. The van der Waals surface area contributed by atoms with Crippen LogP contribution in [-0.2, 0) is 10.1 Å². The molecule has 1 fully saturated rings. The Labute approximate surface area is 191 Å². The first-order chi connectivity index (χ1) is 14.6. The van der Waals surface area contributed by atoms with E-state index in [9.17, 15) is 13.2 Å². The number of nitrogens with zero attached hydrogens (tertiary/aromatic N) is 1. The second kappa shape index (κ2) is 10.3. The van der Waals surface area contributed by atoms with Gasteiger partial charge in [0.25, 0.3) is 10.1 Å². The van der Waals surface area contributed by atoms with Crippen LogP contribution in [0.4, 0.5) is 5.69 Å². The molecule has 168 valence electrons. The third-order valence-electron chi connectivity index (χ3n) is 5.17. The maximum absolute atomic E-state index is 13.2. The molecule has 0 saturated carbocycles. The van der Waals surface area contributed by atoms with Crippen LogP contribution in [0.3, 0.4) is 0 Å². The molecule has 6 nitrogen and oxygen atoms in total. The minimum absolute atomic E-state index is 0.0922. The first-order valence-corrected chi connectivity index (χ1v) is 13.2. The molecular formula is C22H27ClN2O4S2. The van der Waals surface area contributed by atoms with Gasteiger partial charge < -0.3 is 10.2 Å². The van der Waals surface area contributed by atoms with Crippen molar-refractivity contribution in [3.63, 3.8) is 0 Å². The van der Waals surface area contributed by atoms with Gasteiger partial charge in [0, 0.05) is 38.6 Å². The van der Waals surface area contributed by atoms with E-state index in [0.29, 0.717) is 11.3 Å². The fourth-order valence-electron chi connectivity index (χ4n) is 3.74. The Balaban J connectivity index is 0.000000491. The van der Waals surface area contributed by atoms with Crippen molar-refractivity contribution in [3.8, 4) is 0 Å². The smallest absolute Gasteiger partial charge is 0.261 e. The van der Waals surface area contributed by atoms with E-state index < -0.39 is 10.1 Å². The van der Waals surface area contributed by atoms with Gasteiger partial charge >= 0.3 is 0 Å². The van der Waals surface area contributed by atoms with E-state index in [1.165, 1.54) is 32.4 Å². The molecule has 1 aliphatic rings. The molecule has 31 heavy (non-hydrogen) atoms. The summed E-state index contributed by atoms with van der Waals surface area (Å²) in [6, 6.07) is 9.67. The number of piperidine rings is 1. The zero-order valence-corrected chi connectivity index (χ0v) is 20.0. The van der Waals surface area contributed by atoms with Crippen molar-refractivity contribution in [2.45, 2.75) is 26.2 Å². The van der Waals surface area contributed by atoms with Crippen molar-refractivity contribution < 1.29 is 13.0 Å². The Kier molecular flexibility index (Phi) is 7.93. The summed E-state index contributed by atoms with van der Waals surface area (Å²) < 4.78 is 27.9. The third-order valence-corrected chi connectivity index (χ3v) is 6.70. The monoisotopic (exact) mass is 482 g/mol. The second-order valence-electron chi connectivity index (χ2n) is 7.77. The zero-order chi connectivity index (χ0) is 22.6. The van der Waals surface area contributed by atoms with Gasteiger partial charge in [-0.1, -0.05) is 24.1 Å². The Morgan fingerprint density at radius 3 is 2.52 bits per heavy atom. The van der Waals surface area contributed by atoms with Gasteiger partial charge in [-0.3, -0.25) is 9.35 Å². The first-order valence-electron chi connectivity index (χ1n) is 10.2. The maximum Gasteiger partial charge on any atom is 0.261 e. The molecule has 0 bridgehead atoms. The van der Waals surface area contributed by atoms with Crippen LogP contribution in [0.25, 0.3) is 20.2 Å². The number of hydrogen-bond donors (Lipinski definition) is 2. The number of aryl methyl sites for hydroxylation is 1. The van der Waals surface area contributed by atoms with Crippen LogP contribution in [0, 0.1) is 6.92 Å². The van der Waals surface area contributed by atoms with Gasteiger partial charge in [0.15, 0.2) is 5.43 Å². The highest BCUT2D eigenvalue weighted by Gasteiger charge is 2.13. The minimum atomic E-state index is -3.67. The molecule has 2 aromatic carbocycles. The lowest BCUT2D eigenvalue weighted by Gasteiger charge is -2.26. The number of hydrogen-bond acceptors (Lipinski definition) is 6. The lowest BCUT2D eigenvalue weighted by Crippen LogP contribution is -2.33. The van der Waals surface area contributed by atoms with Gasteiger partial charge in [0.05, 0.1) is 11.6 Å². The highest BCUT2D eigenvalue weighted by atomic mass is 35.5. The summed E-state index contributed by atoms with van der Waals surface area (Å²) >= 11 is 7.77. The molecule has 1 saturated heterocycles. The molecule has 1 aromatic heterocycles. The van der Waals surface area contributed by atoms with Crippen molar-refractivity contribution in [1.29, 1.82) is 0 Å². The van der Waals surface area contributed by atoms with E-state index in [4.69, 9.17) is 16.2 Å². The van der Waals surface area contributed by atoms with Crippen LogP contribution < -0.4 is 10.7 Å². The molecular weight excluding hydrogens is 456 g/mol. The van der Waals surface area contributed by atoms with E-state index in [1.807, 2.05) is 18.2 Å². The Hall–Kier alpha value is -1.71. The van der Waals surface area contributed by atoms with Crippen molar-refractivity contribution in [2.75, 3.05) is 37.8 Å². The van der Waals surface area contributed by atoms with Crippen LogP contribution in [0.5, 0.6) is 0 Å². The SMILES string of the molecule is CS(=O)(=O)O.Cc1ccc(NCCN2CCCCC2)c2c(=O)c3ccc(Cl)cc3sc12. The number of halogens is 1. The molecule has 3 aromatic rings. The largest absolute Gasteiger partial charge is 0.383 e. The lowest BCUT2D eigenvalue weighted by molar-refractivity contribution is 0.237. The second-order valence-corrected chi connectivity index (χ2v) is 10.7. The standard InChI is InChI=1S/C21H23ClN2OS.CH4O3S/c1-14-5-8-17(23-9-12-24-10-3-2-4-11-24)19-20(25)16-7-6-15(22)13-18(16)26-21(14)19;1-5(2,3)4/h5-8,13,23H,2-4,9-12H2,1H3;1H3,(H,2,3,4). The van der Waals surface area contributed by atoms with Crippen molar-refractivity contribution in [3.05, 3.63) is 51.1 Å². The van der Waals surface area contributed by atoms with Crippen LogP contribution in [-0.4, -0.2) is 50.3 Å². The van der Waals surface area contributed by atoms with Gasteiger partial charge in [0.2, 0.25) is 0 Å². The summed E-state index contributed by atoms with van der Waals surface area (Å²) in [6.45, 7) is 6.33. The quantitative estimate of drug-likeness (QED) is 0.411. The first kappa shape index (κ1) is 23.9. The van der Waals surface area contributed by atoms with Crippen LogP contribution in [0.1, 0.15) is 24.8 Å². The molecule has 0 atom stereocenters. The van der Waals surface area contributed by atoms with Crippen LogP contribution in [0.15, 0.2) is 35.1 Å².